The van der Waals surface area contributed by atoms with Crippen molar-refractivity contribution in [3.8, 4) is 17.0 Å². The molecule has 0 aliphatic heterocycles. The Morgan fingerprint density at radius 3 is 2.46 bits per heavy atom. The van der Waals surface area contributed by atoms with Gasteiger partial charge in [0.15, 0.2) is 0 Å². The van der Waals surface area contributed by atoms with Gasteiger partial charge in [-0.25, -0.2) is 9.37 Å². The lowest BCUT2D eigenvalue weighted by molar-refractivity contribution is 0.228. The molecule has 0 fully saturated rings. The van der Waals surface area contributed by atoms with Gasteiger partial charge in [-0.2, -0.15) is 13.9 Å². The number of anilines is 2. The number of pyridine rings is 1. The first kappa shape index (κ1) is 26.2. The number of benzene rings is 2. The number of aromatic nitrogens is 3. The highest BCUT2D eigenvalue weighted by Crippen LogP contribution is 2.39. The Labute approximate surface area is 206 Å². The summed E-state index contributed by atoms with van der Waals surface area (Å²) < 4.78 is 49.4. The molecule has 1 atom stereocenters. The predicted octanol–water partition coefficient (Wildman–Crippen LogP) is 7.11. The van der Waals surface area contributed by atoms with E-state index in [9.17, 15) is 13.2 Å². The molecule has 6 nitrogen and oxygen atoms in total. The Morgan fingerprint density at radius 1 is 1.11 bits per heavy atom. The first-order chi connectivity index (χ1) is 16.7. The van der Waals surface area contributed by atoms with Crippen LogP contribution in [0.25, 0.3) is 22.2 Å². The molecular weight excluding hydrogens is 475 g/mol. The summed E-state index contributed by atoms with van der Waals surface area (Å²) in [5.41, 5.74) is 10.4. The summed E-state index contributed by atoms with van der Waals surface area (Å²) >= 11 is 0.273. The second-order valence-electron chi connectivity index (χ2n) is 7.53. The van der Waals surface area contributed by atoms with Crippen LogP contribution in [0.2, 0.25) is 0 Å². The fourth-order valence-electron chi connectivity index (χ4n) is 3.66. The fourth-order valence-corrected chi connectivity index (χ4v) is 4.05. The molecule has 2 aromatic carbocycles. The van der Waals surface area contributed by atoms with Gasteiger partial charge in [0.2, 0.25) is 0 Å². The van der Waals surface area contributed by atoms with E-state index in [1.54, 1.807) is 48.1 Å². The maximum atomic E-state index is 13.3. The Kier molecular flexibility index (Phi) is 8.50. The largest absolute Gasteiger partial charge is 0.484 e. The van der Waals surface area contributed by atoms with E-state index in [2.05, 4.69) is 14.8 Å². The van der Waals surface area contributed by atoms with Crippen LogP contribution in [-0.2, 0) is 7.05 Å². The van der Waals surface area contributed by atoms with Crippen LogP contribution in [0.5, 0.6) is 5.75 Å². The standard InChI is InChI=1S/C23H22F3N5OS.C2H6/c1-12-11-28-22(27)19-20(29-31(3)21(12)19)15-6-9-17(30-33-23(25)26)18(10-15)32-13(2)14-4-7-16(24)8-5-14;1-2/h4-11,13,23,30H,1-3H3,(H2,27,28);1-2H3. The Morgan fingerprint density at radius 2 is 1.80 bits per heavy atom. The number of aryl methyl sites for hydroxylation is 2. The molecule has 2 heterocycles. The minimum atomic E-state index is -2.61. The van der Waals surface area contributed by atoms with Crippen molar-refractivity contribution in [1.82, 2.24) is 14.8 Å². The predicted molar refractivity (Wildman–Crippen MR) is 137 cm³/mol. The van der Waals surface area contributed by atoms with Crippen LogP contribution in [0.1, 0.15) is 38.0 Å². The van der Waals surface area contributed by atoms with E-state index in [4.69, 9.17) is 10.5 Å². The molecule has 35 heavy (non-hydrogen) atoms. The second kappa shape index (κ2) is 11.4. The van der Waals surface area contributed by atoms with E-state index in [-0.39, 0.29) is 17.8 Å². The molecule has 186 valence electrons. The van der Waals surface area contributed by atoms with Crippen LogP contribution in [-0.4, -0.2) is 20.5 Å². The van der Waals surface area contributed by atoms with E-state index in [1.807, 2.05) is 27.8 Å². The van der Waals surface area contributed by atoms with Crippen molar-refractivity contribution in [2.45, 2.75) is 39.6 Å². The zero-order chi connectivity index (χ0) is 25.7. The Bertz CT molecular complexity index is 1290. The lowest BCUT2D eigenvalue weighted by atomic mass is 10.1. The van der Waals surface area contributed by atoms with Crippen LogP contribution in [0, 0.1) is 12.7 Å². The highest BCUT2D eigenvalue weighted by molar-refractivity contribution is 8.00. The highest BCUT2D eigenvalue weighted by Gasteiger charge is 2.19. The first-order valence-electron chi connectivity index (χ1n) is 11.1. The summed E-state index contributed by atoms with van der Waals surface area (Å²) in [4.78, 5) is 4.25. The molecule has 0 aliphatic rings. The summed E-state index contributed by atoms with van der Waals surface area (Å²) in [5, 5.41) is 5.33. The number of hydrogen-bond acceptors (Lipinski definition) is 6. The minimum Gasteiger partial charge on any atom is -0.484 e. The molecule has 0 amide bonds. The van der Waals surface area contributed by atoms with Gasteiger partial charge < -0.3 is 15.2 Å². The molecule has 0 saturated heterocycles. The summed E-state index contributed by atoms with van der Waals surface area (Å²) in [7, 11) is 1.82. The number of halogens is 3. The van der Waals surface area contributed by atoms with Crippen molar-refractivity contribution in [2.75, 3.05) is 10.5 Å². The SMILES string of the molecule is CC.Cc1cnc(N)c2c(-c3ccc(NSC(F)F)c(OC(C)c4ccc(F)cc4)c3)nn(C)c12. The number of ether oxygens (including phenoxy) is 1. The third-order valence-corrected chi connectivity index (χ3v) is 5.75. The molecular formula is C25H28F3N5OS. The number of hydrogen-bond donors (Lipinski definition) is 2. The van der Waals surface area contributed by atoms with Crippen molar-refractivity contribution in [2.24, 2.45) is 7.05 Å². The topological polar surface area (TPSA) is 78.0 Å². The smallest absolute Gasteiger partial charge is 0.302 e. The van der Waals surface area contributed by atoms with E-state index < -0.39 is 11.9 Å². The van der Waals surface area contributed by atoms with Crippen LogP contribution in [0.4, 0.5) is 24.7 Å². The molecule has 0 spiro atoms. The van der Waals surface area contributed by atoms with E-state index in [0.717, 1.165) is 16.6 Å². The van der Waals surface area contributed by atoms with Gasteiger partial charge in [-0.3, -0.25) is 4.68 Å². The van der Waals surface area contributed by atoms with Gasteiger partial charge in [0, 0.05) is 30.8 Å². The number of nitrogen functional groups attached to an aromatic ring is 1. The quantitative estimate of drug-likeness (QED) is 0.262. The minimum absolute atomic E-state index is 0.273. The Hall–Kier alpha value is -3.40. The van der Waals surface area contributed by atoms with Crippen molar-refractivity contribution >= 4 is 34.4 Å². The van der Waals surface area contributed by atoms with Crippen molar-refractivity contribution in [3.63, 3.8) is 0 Å². The molecule has 0 aliphatic carbocycles. The molecule has 2 aromatic heterocycles. The van der Waals surface area contributed by atoms with Gasteiger partial charge in [0.25, 0.3) is 0 Å². The third-order valence-electron chi connectivity index (χ3n) is 5.23. The van der Waals surface area contributed by atoms with Crippen molar-refractivity contribution < 1.29 is 17.9 Å². The van der Waals surface area contributed by atoms with Gasteiger partial charge >= 0.3 is 5.76 Å². The molecule has 0 radical (unpaired) electrons. The summed E-state index contributed by atoms with van der Waals surface area (Å²) in [6.45, 7) is 7.72. The van der Waals surface area contributed by atoms with E-state index >= 15 is 0 Å². The normalized spacial score (nSPS) is 11.8. The van der Waals surface area contributed by atoms with E-state index in [0.29, 0.717) is 33.9 Å². The van der Waals surface area contributed by atoms with Crippen molar-refractivity contribution in [3.05, 3.63) is 65.6 Å². The number of nitrogens with two attached hydrogens (primary N) is 1. The second-order valence-corrected chi connectivity index (χ2v) is 8.32. The third kappa shape index (κ3) is 5.82. The van der Waals surface area contributed by atoms with Gasteiger partial charge in [-0.1, -0.05) is 32.0 Å². The summed E-state index contributed by atoms with van der Waals surface area (Å²) in [6, 6.07) is 11.0. The maximum Gasteiger partial charge on any atom is 0.302 e. The van der Waals surface area contributed by atoms with Gasteiger partial charge in [0.1, 0.15) is 29.2 Å². The molecule has 4 rings (SSSR count). The average Bonchev–Trinajstić information content (AvgIpc) is 3.20. The number of nitrogens with zero attached hydrogens (tertiary/aromatic N) is 3. The van der Waals surface area contributed by atoms with Crippen molar-refractivity contribution in [1.29, 1.82) is 0 Å². The molecule has 1 unspecified atom stereocenters. The monoisotopic (exact) mass is 503 g/mol. The van der Waals surface area contributed by atoms with Crippen LogP contribution < -0.4 is 15.2 Å². The number of rotatable bonds is 7. The zero-order valence-corrected chi connectivity index (χ0v) is 21.0. The summed E-state index contributed by atoms with van der Waals surface area (Å²) in [6.07, 6.45) is 1.23. The first-order valence-corrected chi connectivity index (χ1v) is 12.0. The lowest BCUT2D eigenvalue weighted by Crippen LogP contribution is -2.05. The number of fused-ring (bicyclic) bond motifs is 1. The molecule has 10 heteroatoms. The number of alkyl halides is 2. The average molecular weight is 504 g/mol. The van der Waals surface area contributed by atoms with Crippen LogP contribution in [0.3, 0.4) is 0 Å². The molecule has 0 saturated carbocycles. The lowest BCUT2D eigenvalue weighted by Gasteiger charge is -2.19. The molecule has 3 N–H and O–H groups in total. The van der Waals surface area contributed by atoms with E-state index in [1.165, 1.54) is 12.1 Å². The highest BCUT2D eigenvalue weighted by atomic mass is 32.2. The van der Waals surface area contributed by atoms with Crippen LogP contribution in [0.15, 0.2) is 48.7 Å². The maximum absolute atomic E-state index is 13.3. The van der Waals surface area contributed by atoms with Gasteiger partial charge in [-0.05, 0) is 49.2 Å². The molecule has 4 aromatic rings. The fraction of sp³-hybridized carbons (Fsp3) is 0.280. The number of nitrogens with one attached hydrogen (secondary N) is 1. The summed E-state index contributed by atoms with van der Waals surface area (Å²) in [5.74, 6) is -2.28. The van der Waals surface area contributed by atoms with Crippen LogP contribution >= 0.6 is 11.9 Å². The van der Waals surface area contributed by atoms with Gasteiger partial charge in [-0.15, -0.1) is 0 Å². The van der Waals surface area contributed by atoms with Gasteiger partial charge in [0.05, 0.1) is 16.6 Å². The molecule has 0 bridgehead atoms. The zero-order valence-electron chi connectivity index (χ0n) is 20.1. The Balaban J connectivity index is 0.00000167.